The largest absolute Gasteiger partial charge is 0.507 e. The van der Waals surface area contributed by atoms with Crippen LogP contribution in [0.15, 0.2) is 46.4 Å². The molecule has 164 valence electrons. The molecule has 0 aliphatic carbocycles. The summed E-state index contributed by atoms with van der Waals surface area (Å²) in [4.78, 5) is 29.6. The average Bonchev–Trinajstić information content (AvgIpc) is 3.33. The van der Waals surface area contributed by atoms with Gasteiger partial charge in [-0.15, -0.1) is 0 Å². The molecule has 0 radical (unpaired) electrons. The SMILES string of the molecule is COc1cccc(/C(O)=C2/C(=O)C(=O)N(CCN3CCOCC3)C2c2ccc(C)o2)c1. The van der Waals surface area contributed by atoms with Crippen LogP contribution in [-0.2, 0) is 14.3 Å². The highest BCUT2D eigenvalue weighted by atomic mass is 16.5. The lowest BCUT2D eigenvalue weighted by molar-refractivity contribution is -0.140. The minimum atomic E-state index is -0.791. The molecule has 0 bridgehead atoms. The number of nitrogens with zero attached hydrogens (tertiary/aromatic N) is 2. The molecule has 8 nitrogen and oxygen atoms in total. The summed E-state index contributed by atoms with van der Waals surface area (Å²) >= 11 is 0. The zero-order chi connectivity index (χ0) is 22.0. The van der Waals surface area contributed by atoms with Gasteiger partial charge in [0.1, 0.15) is 29.1 Å². The van der Waals surface area contributed by atoms with Crippen molar-refractivity contribution in [1.82, 2.24) is 9.80 Å². The van der Waals surface area contributed by atoms with Gasteiger partial charge in [-0.05, 0) is 31.2 Å². The fraction of sp³-hybridized carbons (Fsp3) is 0.391. The summed E-state index contributed by atoms with van der Waals surface area (Å²) in [6.07, 6.45) is 0. The van der Waals surface area contributed by atoms with Gasteiger partial charge in [-0.3, -0.25) is 14.5 Å². The van der Waals surface area contributed by atoms with Crippen molar-refractivity contribution in [3.05, 3.63) is 59.1 Å². The number of ketones is 1. The van der Waals surface area contributed by atoms with Crippen LogP contribution < -0.4 is 4.74 Å². The molecule has 2 aliphatic heterocycles. The number of aliphatic hydroxyl groups is 1. The van der Waals surface area contributed by atoms with Crippen molar-refractivity contribution in [2.24, 2.45) is 0 Å². The van der Waals surface area contributed by atoms with E-state index < -0.39 is 17.7 Å². The third kappa shape index (κ3) is 4.22. The smallest absolute Gasteiger partial charge is 0.295 e. The Morgan fingerprint density at radius 3 is 2.61 bits per heavy atom. The van der Waals surface area contributed by atoms with Gasteiger partial charge in [-0.2, -0.15) is 0 Å². The number of morpholine rings is 1. The predicted octanol–water partition coefficient (Wildman–Crippen LogP) is 2.35. The van der Waals surface area contributed by atoms with Gasteiger partial charge in [0.05, 0.1) is 25.9 Å². The van der Waals surface area contributed by atoms with Crippen LogP contribution in [0.2, 0.25) is 0 Å². The Kier molecular flexibility index (Phi) is 6.11. The molecule has 2 saturated heterocycles. The van der Waals surface area contributed by atoms with Gasteiger partial charge >= 0.3 is 0 Å². The Morgan fingerprint density at radius 2 is 1.94 bits per heavy atom. The van der Waals surface area contributed by atoms with E-state index in [4.69, 9.17) is 13.9 Å². The molecule has 1 N–H and O–H groups in total. The maximum absolute atomic E-state index is 13.0. The van der Waals surface area contributed by atoms with Crippen LogP contribution >= 0.6 is 0 Å². The highest BCUT2D eigenvalue weighted by molar-refractivity contribution is 6.46. The Bertz CT molecular complexity index is 1010. The Morgan fingerprint density at radius 1 is 1.16 bits per heavy atom. The van der Waals surface area contributed by atoms with E-state index in [9.17, 15) is 14.7 Å². The number of rotatable bonds is 6. The maximum atomic E-state index is 13.0. The van der Waals surface area contributed by atoms with Crippen LogP contribution in [0.1, 0.15) is 23.1 Å². The standard InChI is InChI=1S/C23H26N2O6/c1-15-6-7-18(31-15)20-19(21(26)16-4-3-5-17(14-16)29-2)22(27)23(28)25(20)9-8-24-10-12-30-13-11-24/h3-7,14,20,26H,8-13H2,1-2H3/b21-19-. The van der Waals surface area contributed by atoms with E-state index in [1.165, 1.54) is 12.0 Å². The van der Waals surface area contributed by atoms with E-state index in [1.54, 1.807) is 43.3 Å². The quantitative estimate of drug-likeness (QED) is 0.431. The summed E-state index contributed by atoms with van der Waals surface area (Å²) in [7, 11) is 1.52. The Balaban J connectivity index is 1.72. The summed E-state index contributed by atoms with van der Waals surface area (Å²) < 4.78 is 16.4. The number of carbonyl (C=O) groups excluding carboxylic acids is 2. The summed E-state index contributed by atoms with van der Waals surface area (Å²) in [5.74, 6) is 0.0394. The predicted molar refractivity (Wildman–Crippen MR) is 113 cm³/mol. The van der Waals surface area contributed by atoms with Crippen molar-refractivity contribution in [3.63, 3.8) is 0 Å². The number of hydrogen-bond acceptors (Lipinski definition) is 7. The average molecular weight is 426 g/mol. The van der Waals surface area contributed by atoms with Gasteiger partial charge in [0.2, 0.25) is 0 Å². The minimum Gasteiger partial charge on any atom is -0.507 e. The van der Waals surface area contributed by atoms with Crippen LogP contribution in [0.25, 0.3) is 5.76 Å². The second kappa shape index (κ2) is 8.95. The topological polar surface area (TPSA) is 92.5 Å². The lowest BCUT2D eigenvalue weighted by Crippen LogP contribution is -2.42. The molecule has 0 spiro atoms. The number of Topliss-reactive ketones (excluding diaryl/α,β-unsaturated/α-hetero) is 1. The van der Waals surface area contributed by atoms with Crippen LogP contribution in [-0.4, -0.2) is 73.1 Å². The number of benzene rings is 1. The molecule has 31 heavy (non-hydrogen) atoms. The number of likely N-dealkylation sites (tertiary alicyclic amines) is 1. The Hall–Kier alpha value is -3.10. The Labute approximate surface area is 180 Å². The number of methoxy groups -OCH3 is 1. The summed E-state index contributed by atoms with van der Waals surface area (Å²) in [6.45, 7) is 5.59. The van der Waals surface area contributed by atoms with E-state index in [2.05, 4.69) is 4.90 Å². The molecule has 1 amide bonds. The van der Waals surface area contributed by atoms with E-state index in [0.717, 1.165) is 13.1 Å². The zero-order valence-electron chi connectivity index (χ0n) is 17.7. The van der Waals surface area contributed by atoms with Crippen molar-refractivity contribution >= 4 is 17.4 Å². The molecule has 1 unspecified atom stereocenters. The van der Waals surface area contributed by atoms with Gasteiger partial charge in [0, 0.05) is 31.7 Å². The van der Waals surface area contributed by atoms with Crippen LogP contribution in [0.4, 0.5) is 0 Å². The third-order valence-electron chi connectivity index (χ3n) is 5.67. The van der Waals surface area contributed by atoms with Crippen molar-refractivity contribution < 1.29 is 28.6 Å². The van der Waals surface area contributed by atoms with E-state index in [1.807, 2.05) is 0 Å². The summed E-state index contributed by atoms with van der Waals surface area (Å²) in [5, 5.41) is 11.1. The minimum absolute atomic E-state index is 0.0228. The van der Waals surface area contributed by atoms with E-state index in [-0.39, 0.29) is 11.3 Å². The first kappa shape index (κ1) is 21.1. The van der Waals surface area contributed by atoms with E-state index in [0.29, 0.717) is 49.1 Å². The first-order chi connectivity index (χ1) is 15.0. The van der Waals surface area contributed by atoms with Crippen molar-refractivity contribution in [1.29, 1.82) is 0 Å². The molecule has 1 aromatic carbocycles. The fourth-order valence-electron chi connectivity index (χ4n) is 4.01. The third-order valence-corrected chi connectivity index (χ3v) is 5.67. The number of hydrogen-bond donors (Lipinski definition) is 1. The molecule has 8 heteroatoms. The summed E-state index contributed by atoms with van der Waals surface area (Å²) in [5.41, 5.74) is 0.424. The highest BCUT2D eigenvalue weighted by Gasteiger charge is 2.47. The van der Waals surface area contributed by atoms with Crippen LogP contribution in [0.5, 0.6) is 5.75 Å². The molecule has 2 aromatic rings. The molecule has 0 saturated carbocycles. The molecule has 4 rings (SSSR count). The molecule has 1 aromatic heterocycles. The molecule has 3 heterocycles. The summed E-state index contributed by atoms with van der Waals surface area (Å²) in [6, 6.07) is 9.49. The number of carbonyl (C=O) groups is 2. The van der Waals surface area contributed by atoms with Crippen molar-refractivity contribution in [2.75, 3.05) is 46.5 Å². The first-order valence-electron chi connectivity index (χ1n) is 10.3. The zero-order valence-corrected chi connectivity index (χ0v) is 17.7. The van der Waals surface area contributed by atoms with Crippen LogP contribution in [0, 0.1) is 6.92 Å². The van der Waals surface area contributed by atoms with Gasteiger partial charge < -0.3 is 23.9 Å². The molecular weight excluding hydrogens is 400 g/mol. The maximum Gasteiger partial charge on any atom is 0.295 e. The lowest BCUT2D eigenvalue weighted by Gasteiger charge is -2.30. The van der Waals surface area contributed by atoms with Gasteiger partial charge in [0.15, 0.2) is 0 Å². The monoisotopic (exact) mass is 426 g/mol. The van der Waals surface area contributed by atoms with Gasteiger partial charge in [0.25, 0.3) is 11.7 Å². The van der Waals surface area contributed by atoms with Crippen LogP contribution in [0.3, 0.4) is 0 Å². The molecular formula is C23H26N2O6. The number of aryl methyl sites for hydroxylation is 1. The van der Waals surface area contributed by atoms with Gasteiger partial charge in [-0.1, -0.05) is 12.1 Å². The molecule has 2 aliphatic rings. The van der Waals surface area contributed by atoms with Gasteiger partial charge in [-0.25, -0.2) is 0 Å². The van der Waals surface area contributed by atoms with Crippen molar-refractivity contribution in [3.8, 4) is 5.75 Å². The van der Waals surface area contributed by atoms with Crippen molar-refractivity contribution in [2.45, 2.75) is 13.0 Å². The highest BCUT2D eigenvalue weighted by Crippen LogP contribution is 2.40. The lowest BCUT2D eigenvalue weighted by atomic mass is 9.99. The fourth-order valence-corrected chi connectivity index (χ4v) is 4.01. The molecule has 2 fully saturated rings. The number of amides is 1. The second-order valence-electron chi connectivity index (χ2n) is 7.63. The number of furan rings is 1. The number of ether oxygens (including phenoxy) is 2. The first-order valence-corrected chi connectivity index (χ1v) is 10.3. The number of aliphatic hydroxyl groups excluding tert-OH is 1. The normalized spacial score (nSPS) is 21.6. The van der Waals surface area contributed by atoms with E-state index >= 15 is 0 Å². The molecule has 1 atom stereocenters. The second-order valence-corrected chi connectivity index (χ2v) is 7.63.